The number of benzene rings is 1. The van der Waals surface area contributed by atoms with Crippen LogP contribution < -0.4 is 9.80 Å². The van der Waals surface area contributed by atoms with Crippen LogP contribution in [0.1, 0.15) is 30.0 Å². The second kappa shape index (κ2) is 7.28. The molecule has 0 unspecified atom stereocenters. The number of hydrogen-bond donors (Lipinski definition) is 0. The topological polar surface area (TPSA) is 81.8 Å². The average Bonchev–Trinajstić information content (AvgIpc) is 2.74. The maximum absolute atomic E-state index is 9.14. The highest BCUT2D eigenvalue weighted by molar-refractivity contribution is 5.81. The van der Waals surface area contributed by atoms with Crippen molar-refractivity contribution in [2.24, 2.45) is 5.92 Å². The second-order valence-corrected chi connectivity index (χ2v) is 7.94. The van der Waals surface area contributed by atoms with Crippen molar-refractivity contribution in [2.45, 2.75) is 25.7 Å². The van der Waals surface area contributed by atoms with Crippen LogP contribution in [-0.4, -0.2) is 46.1 Å². The number of piperidine rings is 1. The first-order valence-corrected chi connectivity index (χ1v) is 10.2. The Labute approximate surface area is 170 Å². The monoisotopic (exact) mass is 385 g/mol. The molecular weight excluding hydrogens is 362 g/mol. The Hall–Kier alpha value is -3.27. The van der Waals surface area contributed by atoms with Gasteiger partial charge in [-0.05, 0) is 25.3 Å². The fourth-order valence-electron chi connectivity index (χ4n) is 4.26. The molecule has 0 saturated carbocycles. The van der Waals surface area contributed by atoms with Gasteiger partial charge in [0.15, 0.2) is 5.82 Å². The van der Waals surface area contributed by atoms with Gasteiger partial charge in [0.1, 0.15) is 0 Å². The highest BCUT2D eigenvalue weighted by Crippen LogP contribution is 2.34. The van der Waals surface area contributed by atoms with Gasteiger partial charge in [-0.15, -0.1) is 0 Å². The number of fused-ring (bicyclic) bond motifs is 1. The lowest BCUT2D eigenvalue weighted by Crippen LogP contribution is -2.47. The highest BCUT2D eigenvalue weighted by atomic mass is 15.3. The van der Waals surface area contributed by atoms with Crippen LogP contribution in [0.2, 0.25) is 0 Å². The van der Waals surface area contributed by atoms with Crippen LogP contribution in [0.4, 0.5) is 11.8 Å². The molecule has 29 heavy (non-hydrogen) atoms. The molecule has 7 nitrogen and oxygen atoms in total. The van der Waals surface area contributed by atoms with Gasteiger partial charge in [0, 0.05) is 62.0 Å². The summed E-state index contributed by atoms with van der Waals surface area (Å²) in [6, 6.07) is 8.56. The van der Waals surface area contributed by atoms with Crippen molar-refractivity contribution < 1.29 is 0 Å². The molecule has 3 aromatic rings. The lowest BCUT2D eigenvalue weighted by atomic mass is 9.94. The summed E-state index contributed by atoms with van der Waals surface area (Å²) in [6.45, 7) is 5.51. The minimum absolute atomic E-state index is 0.166. The molecule has 0 aliphatic carbocycles. The zero-order valence-electron chi connectivity index (χ0n) is 16.5. The standard InChI is InChI=1S/C22H23N7/c1-15-3-2-4-17-12-26-22(27-19(15)17)29-13-18(14-29)20-21(25-8-7-24-20)28-9-5-16(11-23)6-10-28/h2-4,7-8,12,16,18H,5-6,9-10,13-14H2,1H3. The largest absolute Gasteiger partial charge is 0.355 e. The zero-order chi connectivity index (χ0) is 19.8. The first kappa shape index (κ1) is 17.8. The molecule has 7 heteroatoms. The van der Waals surface area contributed by atoms with Gasteiger partial charge < -0.3 is 9.80 Å². The van der Waals surface area contributed by atoms with Crippen molar-refractivity contribution in [1.29, 1.82) is 5.26 Å². The Bertz CT molecular complexity index is 1080. The molecule has 0 bridgehead atoms. The van der Waals surface area contributed by atoms with Crippen LogP contribution in [0.5, 0.6) is 0 Å². The molecule has 2 aliphatic heterocycles. The van der Waals surface area contributed by atoms with Gasteiger partial charge in [0.2, 0.25) is 5.95 Å². The summed E-state index contributed by atoms with van der Waals surface area (Å²) in [6.07, 6.45) is 7.24. The molecule has 4 heterocycles. The van der Waals surface area contributed by atoms with Crippen LogP contribution in [0.15, 0.2) is 36.8 Å². The van der Waals surface area contributed by atoms with Gasteiger partial charge in [-0.1, -0.05) is 18.2 Å². The van der Waals surface area contributed by atoms with Crippen LogP contribution in [0.25, 0.3) is 10.9 Å². The van der Waals surface area contributed by atoms with Gasteiger partial charge in [-0.3, -0.25) is 4.98 Å². The molecule has 0 N–H and O–H groups in total. The normalized spacial score (nSPS) is 17.9. The Morgan fingerprint density at radius 3 is 2.62 bits per heavy atom. The summed E-state index contributed by atoms with van der Waals surface area (Å²) in [5, 5.41) is 10.2. The first-order valence-electron chi connectivity index (χ1n) is 10.2. The Balaban J connectivity index is 1.33. The first-order chi connectivity index (χ1) is 14.2. The molecule has 0 amide bonds. The van der Waals surface area contributed by atoms with E-state index in [1.54, 1.807) is 12.4 Å². The van der Waals surface area contributed by atoms with Crippen molar-refractivity contribution in [3.63, 3.8) is 0 Å². The SMILES string of the molecule is Cc1cccc2cnc(N3CC(c4nccnc4N4CCC(C#N)CC4)C3)nc12. The number of nitriles is 1. The Morgan fingerprint density at radius 1 is 1.03 bits per heavy atom. The number of aryl methyl sites for hydroxylation is 1. The number of anilines is 2. The summed E-state index contributed by atoms with van der Waals surface area (Å²) >= 11 is 0. The van der Waals surface area contributed by atoms with E-state index in [0.717, 1.165) is 67.4 Å². The zero-order valence-corrected chi connectivity index (χ0v) is 16.5. The fraction of sp³-hybridized carbons (Fsp3) is 0.409. The Morgan fingerprint density at radius 2 is 1.83 bits per heavy atom. The van der Waals surface area contributed by atoms with Crippen LogP contribution in [0, 0.1) is 24.2 Å². The van der Waals surface area contributed by atoms with E-state index >= 15 is 0 Å². The average molecular weight is 385 g/mol. The molecule has 0 radical (unpaired) electrons. The van der Waals surface area contributed by atoms with Crippen molar-refractivity contribution in [2.75, 3.05) is 36.0 Å². The number of nitrogens with zero attached hydrogens (tertiary/aromatic N) is 7. The molecule has 2 aromatic heterocycles. The lowest BCUT2D eigenvalue weighted by Gasteiger charge is -2.40. The van der Waals surface area contributed by atoms with Crippen LogP contribution in [0.3, 0.4) is 0 Å². The summed E-state index contributed by atoms with van der Waals surface area (Å²) in [7, 11) is 0. The number of aromatic nitrogens is 4. The summed E-state index contributed by atoms with van der Waals surface area (Å²) in [5.74, 6) is 2.25. The number of para-hydroxylation sites is 1. The summed E-state index contributed by atoms with van der Waals surface area (Å²) in [5.41, 5.74) is 3.23. The van der Waals surface area contributed by atoms with E-state index in [9.17, 15) is 0 Å². The van der Waals surface area contributed by atoms with E-state index in [4.69, 9.17) is 10.2 Å². The molecule has 1 aromatic carbocycles. The molecule has 0 spiro atoms. The minimum Gasteiger partial charge on any atom is -0.355 e. The number of hydrogen-bond acceptors (Lipinski definition) is 7. The number of rotatable bonds is 3. The third kappa shape index (κ3) is 3.25. The Kier molecular flexibility index (Phi) is 4.47. The molecule has 0 atom stereocenters. The second-order valence-electron chi connectivity index (χ2n) is 7.94. The summed E-state index contributed by atoms with van der Waals surface area (Å²) in [4.78, 5) is 23.2. The van der Waals surface area contributed by atoms with E-state index in [1.165, 1.54) is 5.56 Å². The molecular formula is C22H23N7. The van der Waals surface area contributed by atoms with E-state index in [0.29, 0.717) is 5.92 Å². The highest BCUT2D eigenvalue weighted by Gasteiger charge is 2.34. The van der Waals surface area contributed by atoms with Gasteiger partial charge in [-0.2, -0.15) is 5.26 Å². The third-order valence-corrected chi connectivity index (χ3v) is 6.03. The van der Waals surface area contributed by atoms with Gasteiger partial charge in [0.25, 0.3) is 0 Å². The van der Waals surface area contributed by atoms with Crippen molar-refractivity contribution in [3.8, 4) is 6.07 Å². The lowest BCUT2D eigenvalue weighted by molar-refractivity contribution is 0.472. The predicted molar refractivity (Wildman–Crippen MR) is 112 cm³/mol. The predicted octanol–water partition coefficient (Wildman–Crippen LogP) is 3.07. The smallest absolute Gasteiger partial charge is 0.225 e. The molecule has 2 aliphatic rings. The summed E-state index contributed by atoms with van der Waals surface area (Å²) < 4.78 is 0. The van der Waals surface area contributed by atoms with E-state index in [-0.39, 0.29) is 5.92 Å². The van der Waals surface area contributed by atoms with Gasteiger partial charge in [0.05, 0.1) is 17.3 Å². The molecule has 2 saturated heterocycles. The van der Waals surface area contributed by atoms with E-state index in [2.05, 4.69) is 43.8 Å². The van der Waals surface area contributed by atoms with Crippen molar-refractivity contribution >= 4 is 22.7 Å². The van der Waals surface area contributed by atoms with E-state index < -0.39 is 0 Å². The van der Waals surface area contributed by atoms with Crippen LogP contribution >= 0.6 is 0 Å². The van der Waals surface area contributed by atoms with E-state index in [1.807, 2.05) is 18.3 Å². The quantitative estimate of drug-likeness (QED) is 0.685. The van der Waals surface area contributed by atoms with Crippen molar-refractivity contribution in [1.82, 2.24) is 19.9 Å². The van der Waals surface area contributed by atoms with Gasteiger partial charge >= 0.3 is 0 Å². The minimum atomic E-state index is 0.166. The fourth-order valence-corrected chi connectivity index (χ4v) is 4.26. The van der Waals surface area contributed by atoms with Crippen molar-refractivity contribution in [3.05, 3.63) is 48.0 Å². The molecule has 146 valence electrons. The third-order valence-electron chi connectivity index (χ3n) is 6.03. The van der Waals surface area contributed by atoms with Crippen LogP contribution in [-0.2, 0) is 0 Å². The molecule has 5 rings (SSSR count). The van der Waals surface area contributed by atoms with Gasteiger partial charge in [-0.25, -0.2) is 15.0 Å². The molecule has 2 fully saturated rings. The maximum atomic E-state index is 9.14. The maximum Gasteiger partial charge on any atom is 0.225 e.